The van der Waals surface area contributed by atoms with E-state index in [-0.39, 0.29) is 12.2 Å². The topological polar surface area (TPSA) is 46.5 Å². The Balaban J connectivity index is 1.98. The smallest absolute Gasteiger partial charge is 0.416 e. The predicted molar refractivity (Wildman–Crippen MR) is 69.2 cm³/mol. The van der Waals surface area contributed by atoms with Gasteiger partial charge in [0.05, 0.1) is 11.1 Å². The summed E-state index contributed by atoms with van der Waals surface area (Å²) < 4.78 is 42.6. The second kappa shape index (κ2) is 5.87. The zero-order valence-electron chi connectivity index (χ0n) is 10.7. The Labute approximate surface area is 118 Å². The van der Waals surface area contributed by atoms with Gasteiger partial charge in [-0.2, -0.15) is 13.2 Å². The molecular weight excluding hydrogens is 285 g/mol. The third-order valence-electron chi connectivity index (χ3n) is 2.79. The quantitative estimate of drug-likeness (QED) is 0.928. The van der Waals surface area contributed by atoms with Crippen LogP contribution in [0.4, 0.5) is 13.2 Å². The van der Waals surface area contributed by atoms with Gasteiger partial charge in [0.1, 0.15) is 12.4 Å². The number of carboxylic acid groups (broad SMARTS) is 1. The third kappa shape index (κ3) is 3.98. The molecule has 0 atom stereocenters. The van der Waals surface area contributed by atoms with Gasteiger partial charge in [-0.15, -0.1) is 0 Å². The third-order valence-corrected chi connectivity index (χ3v) is 2.79. The first-order valence-corrected chi connectivity index (χ1v) is 5.98. The lowest BCUT2D eigenvalue weighted by Gasteiger charge is -2.09. The second-order valence-corrected chi connectivity index (χ2v) is 4.31. The normalized spacial score (nSPS) is 11.2. The van der Waals surface area contributed by atoms with Crippen molar-refractivity contribution in [3.63, 3.8) is 0 Å². The van der Waals surface area contributed by atoms with E-state index in [1.165, 1.54) is 36.4 Å². The zero-order chi connectivity index (χ0) is 15.5. The highest BCUT2D eigenvalue weighted by Crippen LogP contribution is 2.29. The Bertz CT molecular complexity index is 616. The summed E-state index contributed by atoms with van der Waals surface area (Å²) in [5.74, 6) is -0.593. The van der Waals surface area contributed by atoms with Gasteiger partial charge in [0.15, 0.2) is 0 Å². The molecule has 110 valence electrons. The molecule has 21 heavy (non-hydrogen) atoms. The molecule has 0 aliphatic rings. The van der Waals surface area contributed by atoms with Crippen LogP contribution in [0.1, 0.15) is 21.5 Å². The van der Waals surface area contributed by atoms with Gasteiger partial charge in [0.2, 0.25) is 0 Å². The largest absolute Gasteiger partial charge is 0.489 e. The Morgan fingerprint density at radius 1 is 1.00 bits per heavy atom. The van der Waals surface area contributed by atoms with Crippen LogP contribution in [-0.2, 0) is 12.8 Å². The summed E-state index contributed by atoms with van der Waals surface area (Å²) in [5.41, 5.74) is 0.0132. The number of hydrogen-bond acceptors (Lipinski definition) is 2. The minimum absolute atomic E-state index is 0.102. The van der Waals surface area contributed by atoms with Gasteiger partial charge in [-0.25, -0.2) is 4.79 Å². The Hall–Kier alpha value is -2.50. The molecule has 2 aromatic rings. The lowest BCUT2D eigenvalue weighted by atomic mass is 10.1. The summed E-state index contributed by atoms with van der Waals surface area (Å²) in [4.78, 5) is 10.7. The van der Waals surface area contributed by atoms with E-state index in [0.717, 1.165) is 12.1 Å². The molecule has 0 unspecified atom stereocenters. The predicted octanol–water partition coefficient (Wildman–Crippen LogP) is 3.98. The molecule has 0 heterocycles. The van der Waals surface area contributed by atoms with Gasteiger partial charge in [-0.3, -0.25) is 0 Å². The van der Waals surface area contributed by atoms with Crippen LogP contribution >= 0.6 is 0 Å². The minimum atomic E-state index is -4.36. The van der Waals surface area contributed by atoms with Gasteiger partial charge in [0.25, 0.3) is 0 Å². The number of rotatable bonds is 4. The minimum Gasteiger partial charge on any atom is -0.489 e. The first-order chi connectivity index (χ1) is 9.86. The summed E-state index contributed by atoms with van der Waals surface area (Å²) in [6.45, 7) is 0.102. The van der Waals surface area contributed by atoms with E-state index in [4.69, 9.17) is 9.84 Å². The van der Waals surface area contributed by atoms with E-state index in [2.05, 4.69) is 0 Å². The molecule has 0 aromatic heterocycles. The number of carboxylic acids is 1. The molecular formula is C15H11F3O3. The van der Waals surface area contributed by atoms with E-state index in [0.29, 0.717) is 11.3 Å². The number of aromatic carboxylic acids is 1. The van der Waals surface area contributed by atoms with Gasteiger partial charge in [0, 0.05) is 0 Å². The van der Waals surface area contributed by atoms with E-state index >= 15 is 0 Å². The van der Waals surface area contributed by atoms with Gasteiger partial charge < -0.3 is 9.84 Å². The van der Waals surface area contributed by atoms with Crippen LogP contribution in [0.3, 0.4) is 0 Å². The highest BCUT2D eigenvalue weighted by Gasteiger charge is 2.29. The molecule has 2 rings (SSSR count). The summed E-state index contributed by atoms with van der Waals surface area (Å²) >= 11 is 0. The van der Waals surface area contributed by atoms with Gasteiger partial charge in [-0.05, 0) is 42.0 Å². The van der Waals surface area contributed by atoms with Crippen molar-refractivity contribution in [2.45, 2.75) is 12.8 Å². The highest BCUT2D eigenvalue weighted by molar-refractivity contribution is 5.87. The summed E-state index contributed by atoms with van der Waals surface area (Å²) in [6.07, 6.45) is -4.36. The lowest BCUT2D eigenvalue weighted by molar-refractivity contribution is -0.137. The number of benzene rings is 2. The average molecular weight is 296 g/mol. The fourth-order valence-corrected chi connectivity index (χ4v) is 1.65. The molecule has 2 aromatic carbocycles. The monoisotopic (exact) mass is 296 g/mol. The van der Waals surface area contributed by atoms with Crippen LogP contribution < -0.4 is 4.74 Å². The molecule has 0 aliphatic heterocycles. The first-order valence-electron chi connectivity index (χ1n) is 5.98. The maximum atomic E-state index is 12.4. The van der Waals surface area contributed by atoms with Crippen LogP contribution in [0.2, 0.25) is 0 Å². The summed E-state index contributed by atoms with van der Waals surface area (Å²) in [6, 6.07) is 10.4. The van der Waals surface area contributed by atoms with E-state index in [1.54, 1.807) is 0 Å². The Morgan fingerprint density at radius 2 is 1.57 bits per heavy atom. The molecule has 0 radical (unpaired) electrons. The molecule has 0 saturated carbocycles. The van der Waals surface area contributed by atoms with Crippen LogP contribution in [0.25, 0.3) is 0 Å². The molecule has 0 spiro atoms. The van der Waals surface area contributed by atoms with Gasteiger partial charge in [-0.1, -0.05) is 12.1 Å². The molecule has 1 N–H and O–H groups in total. The van der Waals surface area contributed by atoms with Crippen molar-refractivity contribution in [2.75, 3.05) is 0 Å². The van der Waals surface area contributed by atoms with E-state index in [1.807, 2.05) is 0 Å². The van der Waals surface area contributed by atoms with Crippen molar-refractivity contribution in [3.8, 4) is 5.75 Å². The Morgan fingerprint density at radius 3 is 2.05 bits per heavy atom. The fourth-order valence-electron chi connectivity index (χ4n) is 1.65. The number of ether oxygens (including phenoxy) is 1. The van der Waals surface area contributed by atoms with Crippen molar-refractivity contribution < 1.29 is 27.8 Å². The van der Waals surface area contributed by atoms with Crippen molar-refractivity contribution >= 4 is 5.97 Å². The molecule has 0 saturated heterocycles. The maximum Gasteiger partial charge on any atom is 0.416 e. The van der Waals surface area contributed by atoms with Crippen LogP contribution in [-0.4, -0.2) is 11.1 Å². The molecule has 0 amide bonds. The standard InChI is InChI=1S/C15H11F3O3/c16-15(17,18)12-5-1-10(2-6-12)9-21-13-7-3-11(4-8-13)14(19)20/h1-8H,9H2,(H,19,20). The van der Waals surface area contributed by atoms with Crippen molar-refractivity contribution in [1.29, 1.82) is 0 Å². The van der Waals surface area contributed by atoms with E-state index < -0.39 is 17.7 Å². The average Bonchev–Trinajstić information content (AvgIpc) is 2.45. The van der Waals surface area contributed by atoms with Crippen molar-refractivity contribution in [3.05, 3.63) is 65.2 Å². The molecule has 0 fully saturated rings. The Kier molecular flexibility index (Phi) is 4.16. The zero-order valence-corrected chi connectivity index (χ0v) is 10.7. The molecule has 3 nitrogen and oxygen atoms in total. The lowest BCUT2D eigenvalue weighted by Crippen LogP contribution is -2.05. The fraction of sp³-hybridized carbons (Fsp3) is 0.133. The number of carbonyl (C=O) groups is 1. The molecule has 0 aliphatic carbocycles. The second-order valence-electron chi connectivity index (χ2n) is 4.31. The SMILES string of the molecule is O=C(O)c1ccc(OCc2ccc(C(F)(F)F)cc2)cc1. The van der Waals surface area contributed by atoms with Crippen molar-refractivity contribution in [1.82, 2.24) is 0 Å². The van der Waals surface area contributed by atoms with Crippen LogP contribution in [0.15, 0.2) is 48.5 Å². The molecule has 0 bridgehead atoms. The van der Waals surface area contributed by atoms with Crippen LogP contribution in [0.5, 0.6) is 5.75 Å². The number of hydrogen-bond donors (Lipinski definition) is 1. The molecule has 6 heteroatoms. The maximum absolute atomic E-state index is 12.4. The highest BCUT2D eigenvalue weighted by atomic mass is 19.4. The number of halogens is 3. The number of alkyl halides is 3. The first kappa shape index (κ1) is 14.9. The van der Waals surface area contributed by atoms with E-state index in [9.17, 15) is 18.0 Å². The summed E-state index contributed by atoms with van der Waals surface area (Å²) in [5, 5.41) is 8.74. The summed E-state index contributed by atoms with van der Waals surface area (Å²) in [7, 11) is 0. The van der Waals surface area contributed by atoms with Crippen molar-refractivity contribution in [2.24, 2.45) is 0 Å². The van der Waals surface area contributed by atoms with Gasteiger partial charge >= 0.3 is 12.1 Å². The van der Waals surface area contributed by atoms with Crippen LogP contribution in [0, 0.1) is 0 Å².